The smallest absolute Gasteiger partial charge is 0.201 e. The Labute approximate surface area is 198 Å². The van der Waals surface area contributed by atoms with E-state index >= 15 is 0 Å². The zero-order chi connectivity index (χ0) is 23.8. The molecule has 3 rings (SSSR count). The van der Waals surface area contributed by atoms with Crippen LogP contribution in [0, 0.1) is 17.2 Å². The summed E-state index contributed by atoms with van der Waals surface area (Å²) in [6.45, 7) is 6.55. The Kier molecular flexibility index (Phi) is 8.60. The fourth-order valence-electron chi connectivity index (χ4n) is 4.38. The van der Waals surface area contributed by atoms with Gasteiger partial charge in [-0.25, -0.2) is 0 Å². The second kappa shape index (κ2) is 11.4. The topological polar surface area (TPSA) is 64.0 Å². The van der Waals surface area contributed by atoms with E-state index in [4.69, 9.17) is 18.9 Å². The van der Waals surface area contributed by atoms with E-state index in [1.165, 1.54) is 0 Å². The largest absolute Gasteiger partial charge is 0.497 e. The van der Waals surface area contributed by atoms with Crippen molar-refractivity contribution in [3.63, 3.8) is 0 Å². The van der Waals surface area contributed by atoms with E-state index in [0.717, 1.165) is 49.2 Å². The van der Waals surface area contributed by atoms with Gasteiger partial charge in [0.1, 0.15) is 17.2 Å². The van der Waals surface area contributed by atoms with Gasteiger partial charge in [0.2, 0.25) is 6.29 Å². The highest BCUT2D eigenvalue weighted by Crippen LogP contribution is 2.40. The summed E-state index contributed by atoms with van der Waals surface area (Å²) in [6, 6.07) is 16.4. The maximum absolute atomic E-state index is 10.3. The van der Waals surface area contributed by atoms with Gasteiger partial charge in [0, 0.05) is 24.6 Å². The normalized spacial score (nSPS) is 17.1. The van der Waals surface area contributed by atoms with Crippen molar-refractivity contribution in [2.45, 2.75) is 51.4 Å². The van der Waals surface area contributed by atoms with E-state index in [1.54, 1.807) is 14.2 Å². The highest BCUT2D eigenvalue weighted by atomic mass is 16.7. The molecule has 0 saturated heterocycles. The molecule has 2 atom stereocenters. The van der Waals surface area contributed by atoms with Crippen LogP contribution in [0.2, 0.25) is 0 Å². The second-order valence-electron chi connectivity index (χ2n) is 9.00. The number of hydrogen-bond acceptors (Lipinski definition) is 6. The van der Waals surface area contributed by atoms with Gasteiger partial charge >= 0.3 is 0 Å². The van der Waals surface area contributed by atoms with Gasteiger partial charge in [0.15, 0.2) is 0 Å². The zero-order valence-corrected chi connectivity index (χ0v) is 20.5. The third-order valence-corrected chi connectivity index (χ3v) is 6.56. The van der Waals surface area contributed by atoms with Crippen LogP contribution in [-0.4, -0.2) is 45.5 Å². The van der Waals surface area contributed by atoms with Crippen LogP contribution in [0.25, 0.3) is 0 Å². The lowest BCUT2D eigenvalue weighted by Gasteiger charge is -2.33. The van der Waals surface area contributed by atoms with Crippen LogP contribution in [0.4, 0.5) is 0 Å². The third kappa shape index (κ3) is 5.98. The molecule has 6 heteroatoms. The quantitative estimate of drug-likeness (QED) is 0.469. The number of rotatable bonds is 11. The molecule has 0 radical (unpaired) electrons. The van der Waals surface area contributed by atoms with Gasteiger partial charge in [-0.3, -0.25) is 0 Å². The van der Waals surface area contributed by atoms with E-state index in [2.05, 4.69) is 31.9 Å². The predicted molar refractivity (Wildman–Crippen MR) is 129 cm³/mol. The van der Waals surface area contributed by atoms with E-state index in [0.29, 0.717) is 18.1 Å². The van der Waals surface area contributed by atoms with Crippen LogP contribution in [0.3, 0.4) is 0 Å². The fourth-order valence-corrected chi connectivity index (χ4v) is 4.38. The average Bonchev–Trinajstić information content (AvgIpc) is 2.84. The standard InChI is InChI=1S/C27H36N2O4/c1-20(2)27(19-28,22-15-23(30-4)17-24(16-22)31-5)12-8-13-29(3)14-11-26-32-18-21-9-6-7-10-25(21)33-26/h6-7,9-10,15-17,20,26H,8,11-14,18H2,1-5H3. The molecule has 1 aliphatic heterocycles. The van der Waals surface area contributed by atoms with Crippen molar-refractivity contribution < 1.29 is 18.9 Å². The first-order valence-electron chi connectivity index (χ1n) is 11.6. The third-order valence-electron chi connectivity index (χ3n) is 6.56. The van der Waals surface area contributed by atoms with E-state index in [9.17, 15) is 5.26 Å². The summed E-state index contributed by atoms with van der Waals surface area (Å²) in [5.41, 5.74) is 1.43. The molecule has 0 spiro atoms. The zero-order valence-electron chi connectivity index (χ0n) is 20.5. The lowest BCUT2D eigenvalue weighted by molar-refractivity contribution is -0.113. The molecule has 0 bridgehead atoms. The number of hydrogen-bond donors (Lipinski definition) is 0. The molecule has 1 aliphatic rings. The van der Waals surface area contributed by atoms with Crippen molar-refractivity contribution in [2.75, 3.05) is 34.4 Å². The summed E-state index contributed by atoms with van der Waals surface area (Å²) in [5.74, 6) is 2.47. The van der Waals surface area contributed by atoms with Crippen molar-refractivity contribution in [3.05, 3.63) is 53.6 Å². The molecule has 0 aliphatic carbocycles. The number of para-hydroxylation sites is 1. The van der Waals surface area contributed by atoms with Gasteiger partial charge in [0.25, 0.3) is 0 Å². The summed E-state index contributed by atoms with van der Waals surface area (Å²) >= 11 is 0. The van der Waals surface area contributed by atoms with Crippen LogP contribution in [0.1, 0.15) is 44.2 Å². The molecule has 2 unspecified atom stereocenters. The lowest BCUT2D eigenvalue weighted by atomic mass is 9.69. The highest BCUT2D eigenvalue weighted by Gasteiger charge is 2.36. The fraction of sp³-hybridized carbons (Fsp3) is 0.519. The number of ether oxygens (including phenoxy) is 4. The molecule has 2 aromatic rings. The first kappa shape index (κ1) is 24.9. The van der Waals surface area contributed by atoms with Crippen molar-refractivity contribution in [1.82, 2.24) is 4.90 Å². The Hall–Kier alpha value is -2.75. The van der Waals surface area contributed by atoms with Crippen LogP contribution < -0.4 is 14.2 Å². The molecule has 6 nitrogen and oxygen atoms in total. The van der Waals surface area contributed by atoms with Crippen molar-refractivity contribution in [1.29, 1.82) is 5.26 Å². The Morgan fingerprint density at radius 1 is 1.12 bits per heavy atom. The molecule has 33 heavy (non-hydrogen) atoms. The number of nitriles is 1. The molecule has 0 N–H and O–H groups in total. The Bertz CT molecular complexity index is 933. The Morgan fingerprint density at radius 2 is 1.82 bits per heavy atom. The SMILES string of the molecule is COc1cc(OC)cc(C(C#N)(CCCN(C)CCC2OCc3ccccc3O2)C(C)C)c1. The number of fused-ring (bicyclic) bond motifs is 1. The monoisotopic (exact) mass is 452 g/mol. The Balaban J connectivity index is 1.57. The van der Waals surface area contributed by atoms with Crippen molar-refractivity contribution in [3.8, 4) is 23.3 Å². The molecule has 2 aromatic carbocycles. The molecule has 1 heterocycles. The van der Waals surface area contributed by atoms with Gasteiger partial charge in [-0.15, -0.1) is 0 Å². The van der Waals surface area contributed by atoms with Crippen LogP contribution in [0.15, 0.2) is 42.5 Å². The molecule has 0 aromatic heterocycles. The summed E-state index contributed by atoms with van der Waals surface area (Å²) in [4.78, 5) is 2.28. The molecule has 178 valence electrons. The number of benzene rings is 2. The predicted octanol–water partition coefficient (Wildman–Crippen LogP) is 5.16. The van der Waals surface area contributed by atoms with Gasteiger partial charge in [0.05, 0.1) is 32.3 Å². The van der Waals surface area contributed by atoms with E-state index < -0.39 is 5.41 Å². The van der Waals surface area contributed by atoms with Crippen LogP contribution in [-0.2, 0) is 16.8 Å². The van der Waals surface area contributed by atoms with Gasteiger partial charge < -0.3 is 23.8 Å². The minimum absolute atomic E-state index is 0.147. The summed E-state index contributed by atoms with van der Waals surface area (Å²) in [7, 11) is 5.37. The number of methoxy groups -OCH3 is 2. The van der Waals surface area contributed by atoms with Crippen LogP contribution in [0.5, 0.6) is 17.2 Å². The first-order chi connectivity index (χ1) is 15.9. The van der Waals surface area contributed by atoms with Crippen molar-refractivity contribution in [2.24, 2.45) is 5.92 Å². The average molecular weight is 453 g/mol. The second-order valence-corrected chi connectivity index (χ2v) is 9.00. The van der Waals surface area contributed by atoms with Gasteiger partial charge in [-0.2, -0.15) is 5.26 Å². The minimum atomic E-state index is -0.609. The molecule has 0 amide bonds. The maximum Gasteiger partial charge on any atom is 0.201 e. The van der Waals surface area contributed by atoms with Gasteiger partial charge in [-0.1, -0.05) is 32.0 Å². The lowest BCUT2D eigenvalue weighted by Crippen LogP contribution is -2.34. The first-order valence-corrected chi connectivity index (χ1v) is 11.6. The van der Waals surface area contributed by atoms with E-state index in [1.807, 2.05) is 42.5 Å². The van der Waals surface area contributed by atoms with E-state index in [-0.39, 0.29) is 12.2 Å². The highest BCUT2D eigenvalue weighted by molar-refractivity contribution is 5.45. The summed E-state index contributed by atoms with van der Waals surface area (Å²) in [6.07, 6.45) is 2.23. The summed E-state index contributed by atoms with van der Waals surface area (Å²) < 4.78 is 22.7. The van der Waals surface area contributed by atoms with Crippen molar-refractivity contribution >= 4 is 0 Å². The molecular formula is C27H36N2O4. The van der Waals surface area contributed by atoms with Gasteiger partial charge in [-0.05, 0) is 56.1 Å². The molecule has 0 saturated carbocycles. The van der Waals surface area contributed by atoms with Crippen LogP contribution >= 0.6 is 0 Å². The summed E-state index contributed by atoms with van der Waals surface area (Å²) in [5, 5.41) is 10.3. The molecular weight excluding hydrogens is 416 g/mol. The Morgan fingerprint density at radius 3 is 2.45 bits per heavy atom. The minimum Gasteiger partial charge on any atom is -0.497 e. The maximum atomic E-state index is 10.3. The number of nitrogens with zero attached hydrogens (tertiary/aromatic N) is 2. The molecule has 0 fully saturated rings.